The third kappa shape index (κ3) is 4.02. The number of furan rings is 1. The first-order valence-corrected chi connectivity index (χ1v) is 11.8. The topological polar surface area (TPSA) is 128 Å². The largest absolute Gasteiger partial charge is 0.505 e. The van der Waals surface area contributed by atoms with Gasteiger partial charge in [-0.1, -0.05) is 6.07 Å². The number of nitrogens with zero attached hydrogens (tertiary/aromatic N) is 3. The van der Waals surface area contributed by atoms with Gasteiger partial charge in [-0.2, -0.15) is 15.2 Å². The van der Waals surface area contributed by atoms with Crippen LogP contribution < -0.4 is 10.4 Å². The first-order valence-electron chi connectivity index (χ1n) is 11.8. The third-order valence-corrected chi connectivity index (χ3v) is 6.70. The van der Waals surface area contributed by atoms with E-state index in [1.807, 2.05) is 38.1 Å². The number of aryl methyl sites for hydroxylation is 3. The number of phenols is 1. The molecule has 0 saturated heterocycles. The van der Waals surface area contributed by atoms with Gasteiger partial charge in [-0.25, -0.2) is 4.79 Å². The highest BCUT2D eigenvalue weighted by Crippen LogP contribution is 2.43. The van der Waals surface area contributed by atoms with E-state index in [0.717, 1.165) is 47.9 Å². The van der Waals surface area contributed by atoms with Crippen LogP contribution in [0, 0.1) is 13.8 Å². The van der Waals surface area contributed by atoms with Gasteiger partial charge in [0, 0.05) is 0 Å². The van der Waals surface area contributed by atoms with Gasteiger partial charge in [-0.15, -0.1) is 0 Å². The molecule has 184 valence electrons. The standard InChI is InChI=1S/C27H26N4O5/c1-14-8-9-18(12-15(14)2)31-26(33)24(16(3)30-31)29-28-20-13-17-6-4-5-7-19(17)23(25(20)32)21-10-11-22(36-21)27(34)35/h8-13,28,32H,4-7H2,1-3H3,(H,34,35)/b29-24+. The maximum absolute atomic E-state index is 13.1. The van der Waals surface area contributed by atoms with E-state index >= 15 is 0 Å². The number of carbonyl (C=O) groups excluding carboxylic acids is 1. The molecular formula is C27H26N4O5. The minimum absolute atomic E-state index is 0.114. The minimum atomic E-state index is -1.18. The molecule has 2 aromatic carbocycles. The summed E-state index contributed by atoms with van der Waals surface area (Å²) in [6, 6.07) is 10.4. The van der Waals surface area contributed by atoms with Crippen LogP contribution in [0.5, 0.6) is 5.75 Å². The number of hydrogen-bond acceptors (Lipinski definition) is 7. The van der Waals surface area contributed by atoms with Crippen LogP contribution in [0.15, 0.2) is 51.0 Å². The number of fused-ring (bicyclic) bond motifs is 1. The lowest BCUT2D eigenvalue weighted by Crippen LogP contribution is -2.28. The Morgan fingerprint density at radius 3 is 2.58 bits per heavy atom. The zero-order valence-electron chi connectivity index (χ0n) is 20.3. The second-order valence-electron chi connectivity index (χ2n) is 9.10. The van der Waals surface area contributed by atoms with E-state index in [1.54, 1.807) is 13.0 Å². The number of hydrazone groups is 2. The molecule has 0 fully saturated rings. The molecule has 2 aliphatic rings. The summed E-state index contributed by atoms with van der Waals surface area (Å²) in [6.45, 7) is 5.68. The Hall–Kier alpha value is -4.40. The highest BCUT2D eigenvalue weighted by atomic mass is 16.4. The van der Waals surface area contributed by atoms with Gasteiger partial charge in [0.2, 0.25) is 5.76 Å². The molecule has 0 radical (unpaired) electrons. The summed E-state index contributed by atoms with van der Waals surface area (Å²) in [7, 11) is 0. The maximum Gasteiger partial charge on any atom is 0.371 e. The Morgan fingerprint density at radius 1 is 1.08 bits per heavy atom. The van der Waals surface area contributed by atoms with Gasteiger partial charge in [-0.05, 0) is 99.0 Å². The first-order chi connectivity index (χ1) is 17.2. The molecule has 0 saturated carbocycles. The Kier molecular flexibility index (Phi) is 5.83. The van der Waals surface area contributed by atoms with E-state index in [9.17, 15) is 19.8 Å². The average molecular weight is 487 g/mol. The number of rotatable bonds is 5. The number of anilines is 2. The fourth-order valence-corrected chi connectivity index (χ4v) is 4.61. The molecule has 0 unspecified atom stereocenters. The monoisotopic (exact) mass is 486 g/mol. The highest BCUT2D eigenvalue weighted by molar-refractivity contribution is 6.71. The van der Waals surface area contributed by atoms with Crippen LogP contribution in [0.2, 0.25) is 0 Å². The summed E-state index contributed by atoms with van der Waals surface area (Å²) < 4.78 is 5.52. The smallest absolute Gasteiger partial charge is 0.371 e. The van der Waals surface area contributed by atoms with Gasteiger partial charge in [0.15, 0.2) is 11.5 Å². The number of carboxylic acid groups (broad SMARTS) is 1. The van der Waals surface area contributed by atoms with Crippen molar-refractivity contribution in [1.29, 1.82) is 0 Å². The first kappa shape index (κ1) is 23.3. The van der Waals surface area contributed by atoms with Crippen molar-refractivity contribution in [1.82, 2.24) is 0 Å². The Bertz CT molecular complexity index is 1470. The molecule has 36 heavy (non-hydrogen) atoms. The van der Waals surface area contributed by atoms with E-state index in [2.05, 4.69) is 15.6 Å². The lowest BCUT2D eigenvalue weighted by atomic mass is 9.86. The maximum atomic E-state index is 13.1. The molecule has 3 N–H and O–H groups in total. The second kappa shape index (κ2) is 8.99. The number of nitrogens with one attached hydrogen (secondary N) is 1. The summed E-state index contributed by atoms with van der Waals surface area (Å²) in [5, 5.41) is 30.4. The number of phenolic OH excluding ortho intramolecular Hbond substituents is 1. The van der Waals surface area contributed by atoms with Gasteiger partial charge in [0.25, 0.3) is 0 Å². The molecule has 5 rings (SSSR count). The van der Waals surface area contributed by atoms with Crippen molar-refractivity contribution in [3.8, 4) is 17.1 Å². The van der Waals surface area contributed by atoms with Crippen LogP contribution in [0.4, 0.5) is 11.4 Å². The zero-order valence-corrected chi connectivity index (χ0v) is 20.3. The van der Waals surface area contributed by atoms with Crippen molar-refractivity contribution >= 4 is 34.7 Å². The van der Waals surface area contributed by atoms with Crippen molar-refractivity contribution in [2.75, 3.05) is 10.4 Å². The Morgan fingerprint density at radius 2 is 1.86 bits per heavy atom. The number of hydrogen-bond donors (Lipinski definition) is 3. The average Bonchev–Trinajstić information content (AvgIpc) is 3.45. The third-order valence-electron chi connectivity index (χ3n) is 6.70. The second-order valence-corrected chi connectivity index (χ2v) is 9.10. The number of carbonyl (C=O) groups is 2. The quantitative estimate of drug-likeness (QED) is 0.343. The lowest BCUT2D eigenvalue weighted by molar-refractivity contribution is -0.112. The number of amides is 1. The molecule has 1 aromatic heterocycles. The fraction of sp³-hybridized carbons (Fsp3) is 0.259. The number of carboxylic acids is 1. The van der Waals surface area contributed by atoms with Crippen molar-refractivity contribution in [3.05, 3.63) is 64.4 Å². The normalized spacial score (nSPS) is 16.3. The molecule has 1 aliphatic heterocycles. The summed E-state index contributed by atoms with van der Waals surface area (Å²) >= 11 is 0. The molecule has 0 atom stereocenters. The van der Waals surface area contributed by atoms with Crippen molar-refractivity contribution in [2.45, 2.75) is 46.5 Å². The van der Waals surface area contributed by atoms with E-state index < -0.39 is 5.97 Å². The van der Waals surface area contributed by atoms with Crippen LogP contribution in [0.3, 0.4) is 0 Å². The number of aromatic carboxylic acids is 1. The summed E-state index contributed by atoms with van der Waals surface area (Å²) in [6.07, 6.45) is 3.50. The molecule has 9 nitrogen and oxygen atoms in total. The van der Waals surface area contributed by atoms with Gasteiger partial charge >= 0.3 is 11.9 Å². The molecular weight excluding hydrogens is 460 g/mol. The van der Waals surface area contributed by atoms with E-state index in [1.165, 1.54) is 11.1 Å². The van der Waals surface area contributed by atoms with Crippen LogP contribution >= 0.6 is 0 Å². The molecule has 1 aliphatic carbocycles. The summed E-state index contributed by atoms with van der Waals surface area (Å²) in [4.78, 5) is 24.4. The molecule has 1 amide bonds. The van der Waals surface area contributed by atoms with Crippen LogP contribution in [0.1, 0.15) is 52.6 Å². The fourth-order valence-electron chi connectivity index (χ4n) is 4.61. The van der Waals surface area contributed by atoms with Crippen LogP contribution in [-0.4, -0.2) is 33.5 Å². The SMILES string of the molecule is CC1=NN(c2ccc(C)c(C)c2)C(=O)/C1=N/Nc1cc2c(c(-c3ccc(C(=O)O)o3)c1O)CCCC2. The number of aromatic hydroxyl groups is 1. The molecule has 0 bridgehead atoms. The van der Waals surface area contributed by atoms with Gasteiger partial charge in [0.1, 0.15) is 5.76 Å². The highest BCUT2D eigenvalue weighted by Gasteiger charge is 2.31. The summed E-state index contributed by atoms with van der Waals surface area (Å²) in [5.41, 5.74) is 8.95. The van der Waals surface area contributed by atoms with Gasteiger partial charge in [0.05, 0.1) is 22.6 Å². The molecule has 0 spiro atoms. The van der Waals surface area contributed by atoms with Gasteiger partial charge in [-0.3, -0.25) is 10.2 Å². The van der Waals surface area contributed by atoms with E-state index in [4.69, 9.17) is 4.42 Å². The predicted molar refractivity (Wildman–Crippen MR) is 137 cm³/mol. The van der Waals surface area contributed by atoms with E-state index in [-0.39, 0.29) is 28.9 Å². The predicted octanol–water partition coefficient (Wildman–Crippen LogP) is 5.04. The van der Waals surface area contributed by atoms with Crippen LogP contribution in [0.25, 0.3) is 11.3 Å². The minimum Gasteiger partial charge on any atom is -0.505 e. The Balaban J connectivity index is 1.50. The van der Waals surface area contributed by atoms with Crippen molar-refractivity contribution in [3.63, 3.8) is 0 Å². The summed E-state index contributed by atoms with van der Waals surface area (Å²) in [5.74, 6) is -1.61. The van der Waals surface area contributed by atoms with Gasteiger partial charge < -0.3 is 14.6 Å². The molecule has 9 heteroatoms. The molecule has 2 heterocycles. The molecule has 3 aromatic rings. The lowest BCUT2D eigenvalue weighted by Gasteiger charge is -2.21. The van der Waals surface area contributed by atoms with Crippen LogP contribution in [-0.2, 0) is 17.6 Å². The zero-order chi connectivity index (χ0) is 25.6. The van der Waals surface area contributed by atoms with Crippen molar-refractivity contribution < 1.29 is 24.2 Å². The number of benzene rings is 2. The van der Waals surface area contributed by atoms with Crippen molar-refractivity contribution in [2.24, 2.45) is 10.2 Å². The Labute approximate surface area is 207 Å². The van der Waals surface area contributed by atoms with E-state index in [0.29, 0.717) is 22.6 Å².